The summed E-state index contributed by atoms with van der Waals surface area (Å²) < 4.78 is 49.1. The van der Waals surface area contributed by atoms with Crippen molar-refractivity contribution in [3.63, 3.8) is 0 Å². The number of hydrogen-bond donors (Lipinski definition) is 1. The number of carbonyl (C=O) groups excluding carboxylic acids is 1. The van der Waals surface area contributed by atoms with Gasteiger partial charge in [0.1, 0.15) is 24.2 Å². The highest BCUT2D eigenvalue weighted by molar-refractivity contribution is 7.95. The lowest BCUT2D eigenvalue weighted by atomic mass is 9.88. The monoisotopic (exact) mass is 520 g/mol. The van der Waals surface area contributed by atoms with E-state index in [-0.39, 0.29) is 22.8 Å². The van der Waals surface area contributed by atoms with E-state index in [2.05, 4.69) is 5.32 Å². The van der Waals surface area contributed by atoms with Crippen LogP contribution in [0.5, 0.6) is 5.75 Å². The van der Waals surface area contributed by atoms with Crippen molar-refractivity contribution >= 4 is 27.1 Å². The zero-order valence-electron chi connectivity index (χ0n) is 21.0. The highest BCUT2D eigenvalue weighted by atomic mass is 32.2. The van der Waals surface area contributed by atoms with Gasteiger partial charge in [-0.25, -0.2) is 12.8 Å². The number of ether oxygens (including phenoxy) is 1. The summed E-state index contributed by atoms with van der Waals surface area (Å²) in [6, 6.07) is 19.9. The minimum absolute atomic E-state index is 0.0371. The number of hydrogen-bond acceptors (Lipinski definition) is 5. The maximum absolute atomic E-state index is 15.8. The van der Waals surface area contributed by atoms with Crippen LogP contribution < -0.4 is 15.0 Å². The fraction of sp³-hybridized carbons (Fsp3) is 0.276. The third kappa shape index (κ3) is 4.85. The highest BCUT2D eigenvalue weighted by Gasteiger charge is 2.46. The number of fused-ring (bicyclic) bond motifs is 1. The standard InChI is InChI=1S/C29H29FN2O4S/c1-19(33)32-26-12-8-7-11-24(26)31-25-16-29(2,3)18-37(34,35)28(25)27(32)22-14-13-21(15-23(22)30)36-17-20-9-5-4-6-10-20/h4-15,27,31H,16-18H2,1-3H3. The first-order valence-electron chi connectivity index (χ1n) is 12.1. The van der Waals surface area contributed by atoms with Crippen molar-refractivity contribution in [1.82, 2.24) is 0 Å². The quantitative estimate of drug-likeness (QED) is 0.458. The van der Waals surface area contributed by atoms with Gasteiger partial charge in [0.2, 0.25) is 5.91 Å². The molecule has 8 heteroatoms. The van der Waals surface area contributed by atoms with Crippen molar-refractivity contribution in [2.24, 2.45) is 5.41 Å². The lowest BCUT2D eigenvalue weighted by Crippen LogP contribution is -2.40. The maximum Gasteiger partial charge on any atom is 0.224 e. The van der Waals surface area contributed by atoms with Crippen LogP contribution in [0.1, 0.15) is 44.4 Å². The molecular formula is C29H29FN2O4S. The number of benzene rings is 3. The second-order valence-electron chi connectivity index (χ2n) is 10.3. The van der Waals surface area contributed by atoms with Crippen molar-refractivity contribution < 1.29 is 22.3 Å². The van der Waals surface area contributed by atoms with Crippen LogP contribution in [-0.2, 0) is 21.2 Å². The molecule has 5 rings (SSSR count). The Morgan fingerprint density at radius 1 is 1.08 bits per heavy atom. The molecule has 6 nitrogen and oxygen atoms in total. The normalized spacial score (nSPS) is 19.8. The van der Waals surface area contributed by atoms with Crippen molar-refractivity contribution in [3.05, 3.63) is 100 Å². The van der Waals surface area contributed by atoms with Crippen molar-refractivity contribution in [3.8, 4) is 5.75 Å². The third-order valence-corrected chi connectivity index (χ3v) is 8.98. The molecule has 0 radical (unpaired) electrons. The molecule has 1 unspecified atom stereocenters. The molecule has 0 bridgehead atoms. The Labute approximate surface area is 216 Å². The second kappa shape index (κ2) is 9.34. The zero-order valence-corrected chi connectivity index (χ0v) is 21.8. The average molecular weight is 521 g/mol. The van der Waals surface area contributed by atoms with Crippen molar-refractivity contribution in [2.45, 2.75) is 39.8 Å². The Balaban J connectivity index is 1.64. The number of amides is 1. The summed E-state index contributed by atoms with van der Waals surface area (Å²) in [5.74, 6) is -0.822. The minimum atomic E-state index is -3.84. The van der Waals surface area contributed by atoms with Crippen LogP contribution >= 0.6 is 0 Å². The first-order valence-corrected chi connectivity index (χ1v) is 13.8. The van der Waals surface area contributed by atoms with E-state index in [9.17, 15) is 13.2 Å². The van der Waals surface area contributed by atoms with Crippen LogP contribution in [-0.4, -0.2) is 20.1 Å². The average Bonchev–Trinajstić information content (AvgIpc) is 2.96. The number of carbonyl (C=O) groups is 1. The molecule has 2 heterocycles. The second-order valence-corrected chi connectivity index (χ2v) is 12.3. The van der Waals surface area contributed by atoms with Gasteiger partial charge in [0.05, 0.1) is 22.0 Å². The molecule has 2 aliphatic heterocycles. The van der Waals surface area contributed by atoms with E-state index in [1.54, 1.807) is 24.3 Å². The van der Waals surface area contributed by atoms with Gasteiger partial charge in [-0.05, 0) is 41.7 Å². The largest absolute Gasteiger partial charge is 0.489 e. The molecule has 1 atom stereocenters. The Bertz CT molecular complexity index is 1500. The van der Waals surface area contributed by atoms with Gasteiger partial charge >= 0.3 is 0 Å². The van der Waals surface area contributed by atoms with Crippen LogP contribution in [0.25, 0.3) is 0 Å². The molecule has 1 N–H and O–H groups in total. The van der Waals surface area contributed by atoms with E-state index in [0.717, 1.165) is 5.56 Å². The zero-order chi connectivity index (χ0) is 26.4. The number of rotatable bonds is 4. The van der Waals surface area contributed by atoms with E-state index < -0.39 is 33.0 Å². The van der Waals surface area contributed by atoms with E-state index in [4.69, 9.17) is 4.74 Å². The fourth-order valence-electron chi connectivity index (χ4n) is 5.24. The molecule has 3 aromatic carbocycles. The SMILES string of the molecule is CC(=O)N1c2ccccc2NC2=C(C1c1ccc(OCc3ccccc3)cc1F)S(=O)(=O)CC(C)(C)C2. The number of nitrogens with zero attached hydrogens (tertiary/aromatic N) is 1. The van der Waals surface area contributed by atoms with E-state index in [0.29, 0.717) is 29.2 Å². The fourth-order valence-corrected chi connectivity index (χ4v) is 7.60. The van der Waals surface area contributed by atoms with Gasteiger partial charge in [-0.15, -0.1) is 0 Å². The van der Waals surface area contributed by atoms with Gasteiger partial charge in [-0.1, -0.05) is 56.3 Å². The number of sulfone groups is 1. The molecule has 192 valence electrons. The van der Waals surface area contributed by atoms with Crippen LogP contribution in [0.3, 0.4) is 0 Å². The van der Waals surface area contributed by atoms with Gasteiger partial charge in [-0.3, -0.25) is 9.69 Å². The summed E-state index contributed by atoms with van der Waals surface area (Å²) in [6.07, 6.45) is 0.442. The van der Waals surface area contributed by atoms with E-state index in [1.807, 2.05) is 50.2 Å². The highest BCUT2D eigenvalue weighted by Crippen LogP contribution is 2.49. The van der Waals surface area contributed by atoms with Gasteiger partial charge in [0, 0.05) is 24.3 Å². The number of para-hydroxylation sites is 2. The molecule has 0 aliphatic carbocycles. The van der Waals surface area contributed by atoms with Crippen molar-refractivity contribution in [1.29, 1.82) is 0 Å². The van der Waals surface area contributed by atoms with E-state index in [1.165, 1.54) is 24.0 Å². The van der Waals surface area contributed by atoms with Gasteiger partial charge in [-0.2, -0.15) is 0 Å². The lowest BCUT2D eigenvalue weighted by molar-refractivity contribution is -0.116. The molecule has 0 spiro atoms. The smallest absolute Gasteiger partial charge is 0.224 e. The maximum atomic E-state index is 15.8. The van der Waals surface area contributed by atoms with Crippen LogP contribution in [0, 0.1) is 11.2 Å². The molecule has 3 aromatic rings. The predicted octanol–water partition coefficient (Wildman–Crippen LogP) is 5.98. The minimum Gasteiger partial charge on any atom is -0.489 e. The first kappa shape index (κ1) is 25.0. The first-order chi connectivity index (χ1) is 17.6. The molecule has 0 fully saturated rings. The molecule has 2 aliphatic rings. The summed E-state index contributed by atoms with van der Waals surface area (Å²) >= 11 is 0. The molecule has 37 heavy (non-hydrogen) atoms. The summed E-state index contributed by atoms with van der Waals surface area (Å²) in [6.45, 7) is 5.41. The Morgan fingerprint density at radius 3 is 2.49 bits per heavy atom. The topological polar surface area (TPSA) is 75.7 Å². The molecular weight excluding hydrogens is 491 g/mol. The number of anilines is 2. The van der Waals surface area contributed by atoms with Crippen LogP contribution in [0.15, 0.2) is 83.4 Å². The summed E-state index contributed by atoms with van der Waals surface area (Å²) in [5.41, 5.74) is 2.09. The number of nitrogens with one attached hydrogen (secondary N) is 1. The number of allylic oxidation sites excluding steroid dienone is 1. The summed E-state index contributed by atoms with van der Waals surface area (Å²) in [7, 11) is -3.84. The molecule has 1 amide bonds. The summed E-state index contributed by atoms with van der Waals surface area (Å²) in [5, 5.41) is 3.29. The summed E-state index contributed by atoms with van der Waals surface area (Å²) in [4.78, 5) is 14.5. The van der Waals surface area contributed by atoms with E-state index >= 15 is 4.39 Å². The van der Waals surface area contributed by atoms with Crippen molar-refractivity contribution in [2.75, 3.05) is 16.0 Å². The third-order valence-electron chi connectivity index (χ3n) is 6.68. The van der Waals surface area contributed by atoms with Gasteiger partial charge in [0.15, 0.2) is 9.84 Å². The Kier molecular flexibility index (Phi) is 6.31. The number of halogens is 1. The predicted molar refractivity (Wildman–Crippen MR) is 142 cm³/mol. The van der Waals surface area contributed by atoms with Crippen LogP contribution in [0.2, 0.25) is 0 Å². The Morgan fingerprint density at radius 2 is 1.78 bits per heavy atom. The Hall–Kier alpha value is -3.65. The molecule has 0 saturated heterocycles. The van der Waals surface area contributed by atoms with Crippen LogP contribution in [0.4, 0.5) is 15.8 Å². The molecule has 0 saturated carbocycles. The van der Waals surface area contributed by atoms with Gasteiger partial charge < -0.3 is 10.1 Å². The van der Waals surface area contributed by atoms with Gasteiger partial charge in [0.25, 0.3) is 0 Å². The lowest BCUT2D eigenvalue weighted by Gasteiger charge is -2.37. The molecule has 0 aromatic heterocycles.